The van der Waals surface area contributed by atoms with Gasteiger partial charge >= 0.3 is 5.69 Å². The Kier molecular flexibility index (Phi) is 4.24. The molecule has 3 aromatic heterocycles. The molecule has 5 rings (SSSR count). The lowest BCUT2D eigenvalue weighted by atomic mass is 9.91. The normalized spacial score (nSPS) is 16.3. The van der Waals surface area contributed by atoms with E-state index in [1.807, 2.05) is 37.4 Å². The fourth-order valence-corrected chi connectivity index (χ4v) is 4.20. The Morgan fingerprint density at radius 1 is 1.14 bits per heavy atom. The van der Waals surface area contributed by atoms with Crippen molar-refractivity contribution in [3.63, 3.8) is 0 Å². The van der Waals surface area contributed by atoms with E-state index in [-0.39, 0.29) is 5.69 Å². The smallest absolute Gasteiger partial charge is 0.333 e. The molecule has 0 radical (unpaired) electrons. The van der Waals surface area contributed by atoms with E-state index in [4.69, 9.17) is 4.52 Å². The number of aromatic nitrogens is 4. The van der Waals surface area contributed by atoms with E-state index < -0.39 is 0 Å². The van der Waals surface area contributed by atoms with Crippen molar-refractivity contribution in [3.8, 4) is 0 Å². The van der Waals surface area contributed by atoms with Crippen LogP contribution in [-0.2, 0) is 6.54 Å². The van der Waals surface area contributed by atoms with Crippen molar-refractivity contribution in [2.45, 2.75) is 32.2 Å². The zero-order valence-corrected chi connectivity index (χ0v) is 15.9. The lowest BCUT2D eigenvalue weighted by molar-refractivity contribution is 0.201. The molecule has 0 bridgehead atoms. The van der Waals surface area contributed by atoms with Gasteiger partial charge in [-0.15, -0.1) is 0 Å². The quantitative estimate of drug-likeness (QED) is 0.547. The zero-order chi connectivity index (χ0) is 19.1. The maximum absolute atomic E-state index is 12.6. The molecule has 1 aliphatic heterocycles. The first-order chi connectivity index (χ1) is 13.7. The van der Waals surface area contributed by atoms with Crippen LogP contribution >= 0.6 is 0 Å². The lowest BCUT2D eigenvalue weighted by Crippen LogP contribution is -2.37. The minimum absolute atomic E-state index is 0.0259. The molecule has 4 aromatic rings. The molecule has 0 N–H and O–H groups in total. The molecule has 4 heterocycles. The van der Waals surface area contributed by atoms with Gasteiger partial charge in [0.05, 0.1) is 11.4 Å². The predicted molar refractivity (Wildman–Crippen MR) is 107 cm³/mol. The van der Waals surface area contributed by atoms with Crippen molar-refractivity contribution < 1.29 is 4.52 Å². The maximum Gasteiger partial charge on any atom is 0.333 e. The van der Waals surface area contributed by atoms with Gasteiger partial charge in [-0.3, -0.25) is 8.97 Å². The first kappa shape index (κ1) is 17.2. The van der Waals surface area contributed by atoms with Crippen LogP contribution in [0.2, 0.25) is 0 Å². The van der Waals surface area contributed by atoms with Gasteiger partial charge in [0, 0.05) is 36.8 Å². The van der Waals surface area contributed by atoms with Crippen LogP contribution < -0.4 is 5.69 Å². The third-order valence-corrected chi connectivity index (χ3v) is 5.75. The highest BCUT2D eigenvalue weighted by Crippen LogP contribution is 2.32. The van der Waals surface area contributed by atoms with E-state index in [2.05, 4.69) is 21.1 Å². The molecule has 0 atom stereocenters. The maximum atomic E-state index is 12.6. The molecular formula is C21H23N5O2. The van der Waals surface area contributed by atoms with Crippen molar-refractivity contribution in [2.24, 2.45) is 0 Å². The van der Waals surface area contributed by atoms with Crippen LogP contribution in [0.25, 0.3) is 16.6 Å². The second kappa shape index (κ2) is 6.91. The zero-order valence-electron chi connectivity index (χ0n) is 15.9. The minimum atomic E-state index is -0.0259. The van der Waals surface area contributed by atoms with E-state index in [1.165, 1.54) is 0 Å². The SMILES string of the molecule is Cc1cn2c(=O)n(CCN3CCC(c4noc5ccccc45)CC3)ccc2n1. The van der Waals surface area contributed by atoms with Gasteiger partial charge in [-0.25, -0.2) is 9.78 Å². The fourth-order valence-electron chi connectivity index (χ4n) is 4.20. The number of rotatable bonds is 4. The highest BCUT2D eigenvalue weighted by molar-refractivity contribution is 5.79. The van der Waals surface area contributed by atoms with Crippen LogP contribution in [0.5, 0.6) is 0 Å². The summed E-state index contributed by atoms with van der Waals surface area (Å²) in [6.07, 6.45) is 5.76. The summed E-state index contributed by atoms with van der Waals surface area (Å²) >= 11 is 0. The van der Waals surface area contributed by atoms with Gasteiger partial charge in [0.15, 0.2) is 5.58 Å². The number of likely N-dealkylation sites (tertiary alicyclic amines) is 1. The number of imidazole rings is 1. The number of aryl methyl sites for hydroxylation is 1. The molecular weight excluding hydrogens is 354 g/mol. The van der Waals surface area contributed by atoms with Crippen molar-refractivity contribution in [1.29, 1.82) is 0 Å². The van der Waals surface area contributed by atoms with Gasteiger partial charge in [0.1, 0.15) is 5.65 Å². The molecule has 1 aliphatic rings. The Hall–Kier alpha value is -2.93. The molecule has 144 valence electrons. The largest absolute Gasteiger partial charge is 0.356 e. The highest BCUT2D eigenvalue weighted by atomic mass is 16.5. The van der Waals surface area contributed by atoms with Crippen LogP contribution in [0.3, 0.4) is 0 Å². The standard InChI is InChI=1S/C21H23N5O2/c1-15-14-26-19(22-15)8-11-25(21(26)27)13-12-24-9-6-16(7-10-24)20-17-4-2-3-5-18(17)28-23-20/h2-5,8,11,14,16H,6-7,9-10,12-13H2,1H3. The third kappa shape index (κ3) is 3.01. The molecule has 7 heteroatoms. The summed E-state index contributed by atoms with van der Waals surface area (Å²) in [5, 5.41) is 5.47. The average molecular weight is 377 g/mol. The Bertz CT molecular complexity index is 1180. The Morgan fingerprint density at radius 3 is 2.82 bits per heavy atom. The summed E-state index contributed by atoms with van der Waals surface area (Å²) in [5.74, 6) is 0.438. The van der Waals surface area contributed by atoms with Gasteiger partial charge in [-0.05, 0) is 51.1 Å². The van der Waals surface area contributed by atoms with E-state index in [1.54, 1.807) is 15.2 Å². The van der Waals surface area contributed by atoms with Gasteiger partial charge in [0.2, 0.25) is 0 Å². The van der Waals surface area contributed by atoms with E-state index >= 15 is 0 Å². The van der Waals surface area contributed by atoms with Crippen molar-refractivity contribution in [3.05, 3.63) is 64.6 Å². The second-order valence-electron chi connectivity index (χ2n) is 7.58. The number of para-hydroxylation sites is 1. The molecule has 28 heavy (non-hydrogen) atoms. The molecule has 1 aromatic carbocycles. The molecule has 7 nitrogen and oxygen atoms in total. The number of benzene rings is 1. The third-order valence-electron chi connectivity index (χ3n) is 5.75. The van der Waals surface area contributed by atoms with E-state index in [9.17, 15) is 4.79 Å². The summed E-state index contributed by atoms with van der Waals surface area (Å²) < 4.78 is 8.87. The van der Waals surface area contributed by atoms with E-state index in [0.29, 0.717) is 18.1 Å². The van der Waals surface area contributed by atoms with Crippen LogP contribution in [-0.4, -0.2) is 43.6 Å². The molecule has 0 saturated carbocycles. The highest BCUT2D eigenvalue weighted by Gasteiger charge is 2.24. The summed E-state index contributed by atoms with van der Waals surface area (Å²) in [5.41, 5.74) is 3.50. The predicted octanol–water partition coefficient (Wildman–Crippen LogP) is 2.83. The first-order valence-electron chi connectivity index (χ1n) is 9.81. The van der Waals surface area contributed by atoms with Crippen LogP contribution in [0, 0.1) is 6.92 Å². The van der Waals surface area contributed by atoms with Crippen molar-refractivity contribution in [1.82, 2.24) is 24.0 Å². The van der Waals surface area contributed by atoms with Gasteiger partial charge in [0.25, 0.3) is 0 Å². The number of hydrogen-bond donors (Lipinski definition) is 0. The summed E-state index contributed by atoms with van der Waals surface area (Å²) in [6.45, 7) is 5.47. The topological polar surface area (TPSA) is 68.6 Å². The second-order valence-corrected chi connectivity index (χ2v) is 7.58. The van der Waals surface area contributed by atoms with Crippen molar-refractivity contribution >= 4 is 16.6 Å². The van der Waals surface area contributed by atoms with E-state index in [0.717, 1.165) is 54.8 Å². The summed E-state index contributed by atoms with van der Waals surface area (Å²) in [7, 11) is 0. The number of piperidine rings is 1. The number of fused-ring (bicyclic) bond motifs is 2. The molecule has 1 fully saturated rings. The lowest BCUT2D eigenvalue weighted by Gasteiger charge is -2.31. The van der Waals surface area contributed by atoms with Gasteiger partial charge < -0.3 is 9.42 Å². The summed E-state index contributed by atoms with van der Waals surface area (Å²) in [4.78, 5) is 19.4. The molecule has 0 spiro atoms. The first-order valence-corrected chi connectivity index (χ1v) is 9.81. The minimum Gasteiger partial charge on any atom is -0.356 e. The molecule has 1 saturated heterocycles. The Labute approximate surface area is 162 Å². The van der Waals surface area contributed by atoms with Crippen LogP contribution in [0.15, 0.2) is 52.0 Å². The molecule has 0 amide bonds. The van der Waals surface area contributed by atoms with Crippen molar-refractivity contribution in [2.75, 3.05) is 19.6 Å². The fraction of sp³-hybridized carbons (Fsp3) is 0.381. The van der Waals surface area contributed by atoms with Gasteiger partial charge in [-0.1, -0.05) is 17.3 Å². The summed E-state index contributed by atoms with van der Waals surface area (Å²) in [6, 6.07) is 9.97. The van der Waals surface area contributed by atoms with Crippen LogP contribution in [0.1, 0.15) is 30.1 Å². The van der Waals surface area contributed by atoms with Crippen LogP contribution in [0.4, 0.5) is 0 Å². The number of hydrogen-bond acceptors (Lipinski definition) is 5. The molecule has 0 aliphatic carbocycles. The van der Waals surface area contributed by atoms with Gasteiger partial charge in [-0.2, -0.15) is 0 Å². The number of nitrogens with zero attached hydrogens (tertiary/aromatic N) is 5. The average Bonchev–Trinajstić information content (AvgIpc) is 3.31. The monoisotopic (exact) mass is 377 g/mol. The molecule has 0 unspecified atom stereocenters. The Morgan fingerprint density at radius 2 is 1.96 bits per heavy atom. The Balaban J connectivity index is 1.23.